The number of hydrogen-bond acceptors (Lipinski definition) is 4. The van der Waals surface area contributed by atoms with Crippen molar-refractivity contribution in [1.82, 2.24) is 4.98 Å². The summed E-state index contributed by atoms with van der Waals surface area (Å²) in [5.74, 6) is -1.79. The fourth-order valence-corrected chi connectivity index (χ4v) is 3.41. The molecule has 2 aromatic carbocycles. The van der Waals surface area contributed by atoms with Gasteiger partial charge in [-0.15, -0.1) is 0 Å². The number of benzene rings is 2. The van der Waals surface area contributed by atoms with Crippen LogP contribution in [0.25, 0.3) is 10.9 Å². The minimum atomic E-state index is -5.04. The average molecular weight is 436 g/mol. The van der Waals surface area contributed by atoms with Crippen LogP contribution in [-0.4, -0.2) is 35.2 Å². The molecule has 0 fully saturated rings. The Morgan fingerprint density at radius 1 is 1.16 bits per heavy atom. The maximum absolute atomic E-state index is 14.0. The van der Waals surface area contributed by atoms with Gasteiger partial charge in [-0.05, 0) is 36.6 Å². The predicted octanol–water partition coefficient (Wildman–Crippen LogP) is 4.87. The maximum atomic E-state index is 14.0. The lowest BCUT2D eigenvalue weighted by Crippen LogP contribution is -2.47. The predicted molar refractivity (Wildman–Crippen MR) is 110 cm³/mol. The summed E-state index contributed by atoms with van der Waals surface area (Å²) < 4.78 is 60.4. The number of nitrogens with one attached hydrogen (secondary N) is 1. The lowest BCUT2D eigenvalue weighted by Gasteiger charge is -2.30. The standard InChI is InChI=1S/C22H20F4N2O3/c1-13(14-5-3-6-16(23)20(14)31-2)11-21(30,22(24,25)26)12-27-17-7-4-8-18-15(17)9-10-19(29)28-18/h3-10,12-13,30H,11H2,1-2H3,(H,28,29). The van der Waals surface area contributed by atoms with Gasteiger partial charge in [-0.3, -0.25) is 9.79 Å². The first-order chi connectivity index (χ1) is 14.6. The molecular formula is C22H20F4N2O3. The summed E-state index contributed by atoms with van der Waals surface area (Å²) in [6, 6.07) is 11.2. The van der Waals surface area contributed by atoms with Crippen molar-refractivity contribution in [2.24, 2.45) is 4.99 Å². The number of methoxy groups -OCH3 is 1. The Hall–Kier alpha value is -3.20. The van der Waals surface area contributed by atoms with Crippen molar-refractivity contribution >= 4 is 22.8 Å². The number of nitrogens with zero attached hydrogens (tertiary/aromatic N) is 1. The van der Waals surface area contributed by atoms with Gasteiger partial charge in [-0.1, -0.05) is 25.1 Å². The van der Waals surface area contributed by atoms with E-state index < -0.39 is 29.9 Å². The first-order valence-electron chi connectivity index (χ1n) is 9.34. The van der Waals surface area contributed by atoms with Crippen molar-refractivity contribution in [3.63, 3.8) is 0 Å². The van der Waals surface area contributed by atoms with Crippen LogP contribution in [0.1, 0.15) is 24.8 Å². The van der Waals surface area contributed by atoms with Crippen molar-refractivity contribution in [1.29, 1.82) is 0 Å². The number of aliphatic hydroxyl groups is 1. The minimum absolute atomic E-state index is 0.146. The maximum Gasteiger partial charge on any atom is 0.422 e. The fourth-order valence-electron chi connectivity index (χ4n) is 3.41. The molecule has 31 heavy (non-hydrogen) atoms. The lowest BCUT2D eigenvalue weighted by molar-refractivity contribution is -0.231. The summed E-state index contributed by atoms with van der Waals surface area (Å²) >= 11 is 0. The van der Waals surface area contributed by atoms with E-state index in [1.165, 1.54) is 50.4 Å². The summed E-state index contributed by atoms with van der Waals surface area (Å²) in [6.07, 6.45) is -5.40. The Bertz CT molecular complexity index is 1170. The molecule has 1 heterocycles. The Morgan fingerprint density at radius 3 is 2.55 bits per heavy atom. The van der Waals surface area contributed by atoms with Crippen LogP contribution in [0.15, 0.2) is 58.3 Å². The van der Waals surface area contributed by atoms with Crippen molar-refractivity contribution in [3.8, 4) is 5.75 Å². The SMILES string of the molecule is COc1c(F)cccc1C(C)CC(O)(C=Nc1cccc2[nH]c(=O)ccc12)C(F)(F)F. The van der Waals surface area contributed by atoms with E-state index in [9.17, 15) is 27.5 Å². The van der Waals surface area contributed by atoms with Crippen LogP contribution < -0.4 is 10.3 Å². The lowest BCUT2D eigenvalue weighted by atomic mass is 9.86. The molecular weight excluding hydrogens is 416 g/mol. The number of rotatable bonds is 6. The van der Waals surface area contributed by atoms with Gasteiger partial charge in [0.05, 0.1) is 18.3 Å². The summed E-state index contributed by atoms with van der Waals surface area (Å²) in [7, 11) is 1.22. The summed E-state index contributed by atoms with van der Waals surface area (Å²) in [5.41, 5.74) is -2.91. The molecule has 0 spiro atoms. The summed E-state index contributed by atoms with van der Waals surface area (Å²) in [6.45, 7) is 1.44. The van der Waals surface area contributed by atoms with E-state index in [4.69, 9.17) is 4.74 Å². The molecule has 0 aliphatic heterocycles. The fraction of sp³-hybridized carbons (Fsp3) is 0.273. The zero-order valence-electron chi connectivity index (χ0n) is 16.7. The molecule has 2 atom stereocenters. The van der Waals surface area contributed by atoms with Crippen LogP contribution in [0.3, 0.4) is 0 Å². The number of alkyl halides is 3. The topological polar surface area (TPSA) is 74.7 Å². The van der Waals surface area contributed by atoms with Crippen molar-refractivity contribution < 1.29 is 27.4 Å². The molecule has 1 aromatic heterocycles. The van der Waals surface area contributed by atoms with E-state index in [1.807, 2.05) is 0 Å². The van der Waals surface area contributed by atoms with Gasteiger partial charge in [-0.2, -0.15) is 13.2 Å². The zero-order valence-corrected chi connectivity index (χ0v) is 16.7. The van der Waals surface area contributed by atoms with Gasteiger partial charge >= 0.3 is 6.18 Å². The second-order valence-electron chi connectivity index (χ2n) is 7.21. The molecule has 0 bridgehead atoms. The molecule has 0 aliphatic carbocycles. The first-order valence-corrected chi connectivity index (χ1v) is 9.34. The molecule has 0 amide bonds. The van der Waals surface area contributed by atoms with Gasteiger partial charge in [0.25, 0.3) is 0 Å². The monoisotopic (exact) mass is 436 g/mol. The highest BCUT2D eigenvalue weighted by Crippen LogP contribution is 2.40. The Labute approximate surface area is 175 Å². The number of aromatic nitrogens is 1. The van der Waals surface area contributed by atoms with Gasteiger partial charge in [-0.25, -0.2) is 4.39 Å². The number of para-hydroxylation sites is 1. The van der Waals surface area contributed by atoms with Crippen LogP contribution >= 0.6 is 0 Å². The number of pyridine rings is 1. The molecule has 3 rings (SSSR count). The van der Waals surface area contributed by atoms with Gasteiger partial charge < -0.3 is 14.8 Å². The van der Waals surface area contributed by atoms with Gasteiger partial charge in [0.15, 0.2) is 17.2 Å². The Balaban J connectivity index is 1.99. The van der Waals surface area contributed by atoms with E-state index in [-0.39, 0.29) is 22.6 Å². The minimum Gasteiger partial charge on any atom is -0.493 e. The Morgan fingerprint density at radius 2 is 1.87 bits per heavy atom. The van der Waals surface area contributed by atoms with Crippen LogP contribution in [-0.2, 0) is 0 Å². The number of hydrogen-bond donors (Lipinski definition) is 2. The summed E-state index contributed by atoms with van der Waals surface area (Å²) in [4.78, 5) is 17.9. The van der Waals surface area contributed by atoms with Gasteiger partial charge in [0.1, 0.15) is 0 Å². The van der Waals surface area contributed by atoms with E-state index in [1.54, 1.807) is 6.07 Å². The number of ether oxygens (including phenoxy) is 1. The molecule has 3 aromatic rings. The first kappa shape index (κ1) is 22.5. The quantitative estimate of drug-likeness (QED) is 0.428. The van der Waals surface area contributed by atoms with E-state index in [0.717, 1.165) is 6.07 Å². The normalized spacial score (nSPS) is 15.2. The molecule has 5 nitrogen and oxygen atoms in total. The number of aliphatic imine (C=N–C) groups is 1. The third-order valence-corrected chi connectivity index (χ3v) is 5.00. The van der Waals surface area contributed by atoms with Gasteiger partial charge in [0, 0.05) is 23.2 Å². The van der Waals surface area contributed by atoms with Crippen molar-refractivity contribution in [3.05, 3.63) is 70.3 Å². The zero-order chi connectivity index (χ0) is 22.8. The highest BCUT2D eigenvalue weighted by Gasteiger charge is 2.53. The highest BCUT2D eigenvalue weighted by molar-refractivity contribution is 5.91. The molecule has 2 N–H and O–H groups in total. The van der Waals surface area contributed by atoms with Crippen molar-refractivity contribution in [2.45, 2.75) is 31.0 Å². The Kier molecular flexibility index (Phi) is 6.17. The molecule has 0 saturated heterocycles. The highest BCUT2D eigenvalue weighted by atomic mass is 19.4. The summed E-state index contributed by atoms with van der Waals surface area (Å²) in [5, 5.41) is 10.9. The second-order valence-corrected chi connectivity index (χ2v) is 7.21. The van der Waals surface area contributed by atoms with Crippen LogP contribution in [0.2, 0.25) is 0 Å². The van der Waals surface area contributed by atoms with Crippen LogP contribution in [0.4, 0.5) is 23.2 Å². The molecule has 2 unspecified atom stereocenters. The average Bonchev–Trinajstić information content (AvgIpc) is 2.70. The molecule has 164 valence electrons. The van der Waals surface area contributed by atoms with Crippen LogP contribution in [0.5, 0.6) is 5.75 Å². The third kappa shape index (κ3) is 4.61. The number of fused-ring (bicyclic) bond motifs is 1. The number of halogens is 4. The van der Waals surface area contributed by atoms with E-state index in [2.05, 4.69) is 9.98 Å². The van der Waals surface area contributed by atoms with E-state index >= 15 is 0 Å². The molecule has 0 saturated carbocycles. The van der Waals surface area contributed by atoms with E-state index in [0.29, 0.717) is 17.1 Å². The smallest absolute Gasteiger partial charge is 0.422 e. The van der Waals surface area contributed by atoms with Gasteiger partial charge in [0.2, 0.25) is 5.56 Å². The van der Waals surface area contributed by atoms with Crippen molar-refractivity contribution in [2.75, 3.05) is 7.11 Å². The molecule has 9 heteroatoms. The van der Waals surface area contributed by atoms with Crippen LogP contribution in [0, 0.1) is 5.82 Å². The largest absolute Gasteiger partial charge is 0.493 e. The third-order valence-electron chi connectivity index (χ3n) is 5.00. The molecule has 0 aliphatic rings. The number of aromatic amines is 1. The second kappa shape index (κ2) is 8.50. The number of H-pyrrole nitrogens is 1. The molecule has 0 radical (unpaired) electrons.